The molecule has 1 aliphatic carbocycles. The molecular weight excluding hydrogens is 655 g/mol. The molecule has 54 heavy (non-hydrogen) atoms. The number of pyridine rings is 1. The Balaban J connectivity index is 1.01. The number of benzene rings is 8. The Morgan fingerprint density at radius 1 is 0.315 bits per heavy atom. The summed E-state index contributed by atoms with van der Waals surface area (Å²) in [6.45, 7) is 0. The first-order valence-electron chi connectivity index (χ1n) is 18.5. The van der Waals surface area contributed by atoms with Crippen LogP contribution in [0, 0.1) is 0 Å². The molecule has 0 saturated carbocycles. The van der Waals surface area contributed by atoms with Gasteiger partial charge in [-0.05, 0) is 87.5 Å². The summed E-state index contributed by atoms with van der Waals surface area (Å²) in [5.74, 6) is 0.966. The fraction of sp³-hybridized carbons (Fsp3) is 0. The van der Waals surface area contributed by atoms with E-state index in [4.69, 9.17) is 4.98 Å². The number of rotatable bonds is 4. The molecule has 3 heteroatoms. The van der Waals surface area contributed by atoms with E-state index in [-0.39, 0.29) is 0 Å². The average Bonchev–Trinajstić information content (AvgIpc) is 3.88. The summed E-state index contributed by atoms with van der Waals surface area (Å²) < 4.78 is 4.75. The second kappa shape index (κ2) is 11.1. The van der Waals surface area contributed by atoms with Crippen LogP contribution in [-0.2, 0) is 0 Å². The highest BCUT2D eigenvalue weighted by Crippen LogP contribution is 2.48. The normalized spacial score (nSPS) is 12.1. The highest BCUT2D eigenvalue weighted by molar-refractivity contribution is 6.18. The molecule has 3 aromatic heterocycles. The van der Waals surface area contributed by atoms with E-state index in [2.05, 4.69) is 197 Å². The molecule has 0 bridgehead atoms. The van der Waals surface area contributed by atoms with Crippen molar-refractivity contribution in [2.45, 2.75) is 0 Å². The maximum Gasteiger partial charge on any atom is 0.145 e. The molecule has 8 aromatic carbocycles. The van der Waals surface area contributed by atoms with Crippen molar-refractivity contribution in [2.24, 2.45) is 0 Å². The molecule has 3 nitrogen and oxygen atoms in total. The van der Waals surface area contributed by atoms with Crippen LogP contribution in [0.2, 0.25) is 0 Å². The van der Waals surface area contributed by atoms with Crippen molar-refractivity contribution in [2.75, 3.05) is 0 Å². The second-order valence-electron chi connectivity index (χ2n) is 14.4. The molecule has 250 valence electrons. The fourth-order valence-corrected chi connectivity index (χ4v) is 9.09. The van der Waals surface area contributed by atoms with Gasteiger partial charge in [-0.1, -0.05) is 133 Å². The number of hydrogen-bond acceptors (Lipinski definition) is 1. The van der Waals surface area contributed by atoms with Gasteiger partial charge in [-0.2, -0.15) is 0 Å². The summed E-state index contributed by atoms with van der Waals surface area (Å²) >= 11 is 0. The van der Waals surface area contributed by atoms with E-state index < -0.39 is 0 Å². The van der Waals surface area contributed by atoms with E-state index in [1.54, 1.807) is 0 Å². The minimum Gasteiger partial charge on any atom is -0.309 e. The van der Waals surface area contributed by atoms with Gasteiger partial charge >= 0.3 is 0 Å². The van der Waals surface area contributed by atoms with Gasteiger partial charge in [0.1, 0.15) is 5.82 Å². The van der Waals surface area contributed by atoms with E-state index in [1.807, 2.05) is 0 Å². The Hall–Kier alpha value is -7.23. The third kappa shape index (κ3) is 4.09. The van der Waals surface area contributed by atoms with Gasteiger partial charge in [0.2, 0.25) is 0 Å². The second-order valence-corrected chi connectivity index (χ2v) is 14.4. The Kier molecular flexibility index (Phi) is 6.05. The van der Waals surface area contributed by atoms with E-state index in [9.17, 15) is 0 Å². The van der Waals surface area contributed by atoms with Gasteiger partial charge in [0.15, 0.2) is 0 Å². The van der Waals surface area contributed by atoms with Crippen LogP contribution in [0.5, 0.6) is 0 Å². The Labute approximate surface area is 311 Å². The maximum absolute atomic E-state index is 5.20. The van der Waals surface area contributed by atoms with Crippen molar-refractivity contribution >= 4 is 54.4 Å². The molecule has 0 N–H and O–H groups in total. The lowest BCUT2D eigenvalue weighted by molar-refractivity contribution is 1.10. The number of para-hydroxylation sites is 2. The summed E-state index contributed by atoms with van der Waals surface area (Å²) in [5.41, 5.74) is 15.7. The lowest BCUT2D eigenvalue weighted by atomic mass is 10.0. The van der Waals surface area contributed by atoms with Crippen LogP contribution in [0.25, 0.3) is 110 Å². The van der Waals surface area contributed by atoms with Crippen molar-refractivity contribution in [3.63, 3.8) is 0 Å². The van der Waals surface area contributed by atoms with Crippen LogP contribution >= 0.6 is 0 Å². The first-order valence-corrected chi connectivity index (χ1v) is 18.5. The molecular formula is C51H31N3. The smallest absolute Gasteiger partial charge is 0.145 e. The molecule has 0 radical (unpaired) electrons. The monoisotopic (exact) mass is 685 g/mol. The lowest BCUT2D eigenvalue weighted by Gasteiger charge is -2.12. The zero-order chi connectivity index (χ0) is 35.3. The molecule has 0 amide bonds. The molecule has 1 aliphatic rings. The molecule has 12 rings (SSSR count). The van der Waals surface area contributed by atoms with Crippen LogP contribution in [0.4, 0.5) is 0 Å². The Morgan fingerprint density at radius 2 is 0.815 bits per heavy atom. The van der Waals surface area contributed by atoms with Crippen LogP contribution in [0.1, 0.15) is 0 Å². The van der Waals surface area contributed by atoms with Gasteiger partial charge in [0.25, 0.3) is 0 Å². The van der Waals surface area contributed by atoms with Gasteiger partial charge in [0.05, 0.1) is 22.1 Å². The van der Waals surface area contributed by atoms with Crippen molar-refractivity contribution in [3.05, 3.63) is 188 Å². The molecule has 3 heterocycles. The zero-order valence-corrected chi connectivity index (χ0v) is 29.2. The topological polar surface area (TPSA) is 22.8 Å². The van der Waals surface area contributed by atoms with Crippen molar-refractivity contribution in [1.29, 1.82) is 0 Å². The summed E-state index contributed by atoms with van der Waals surface area (Å²) in [4.78, 5) is 5.20. The SMILES string of the molecule is c1ccc(-c2ccc(-n3c4ccccc4c4cc(-c5ccc6c(c5)c5ccccc5n6-c5ncc6c7c(cccc57)-c5ccccc5-6)ccc43)cc2)cc1. The molecule has 11 aromatic rings. The summed E-state index contributed by atoms with van der Waals surface area (Å²) in [7, 11) is 0. The van der Waals surface area contributed by atoms with E-state index in [0.717, 1.165) is 22.5 Å². The minimum absolute atomic E-state index is 0.966. The summed E-state index contributed by atoms with van der Waals surface area (Å²) in [5, 5.41) is 7.39. The standard InChI is InChI=1S/C51H31N3/c1-2-11-32(12-3-1)33-21-25-36(26-22-33)53-46-19-8-6-15-39(46)43-29-34(23-27-48(43)53)35-24-28-49-44(30-35)40-16-7-9-20-47(40)54(49)51-42-18-10-17-41-37-13-4-5-14-38(37)45(31-52-51)50(41)42/h1-31H. The van der Waals surface area contributed by atoms with Crippen LogP contribution in [-0.4, -0.2) is 14.1 Å². The average molecular weight is 686 g/mol. The highest BCUT2D eigenvalue weighted by Gasteiger charge is 2.24. The lowest BCUT2D eigenvalue weighted by Crippen LogP contribution is -1.99. The third-order valence-electron chi connectivity index (χ3n) is 11.5. The molecule has 0 spiro atoms. The molecule has 0 unspecified atom stereocenters. The number of fused-ring (bicyclic) bond motifs is 9. The third-order valence-corrected chi connectivity index (χ3v) is 11.5. The van der Waals surface area contributed by atoms with Gasteiger partial charge in [-0.15, -0.1) is 0 Å². The largest absolute Gasteiger partial charge is 0.309 e. The highest BCUT2D eigenvalue weighted by atomic mass is 15.1. The van der Waals surface area contributed by atoms with Gasteiger partial charge in [-0.3, -0.25) is 4.57 Å². The fourth-order valence-electron chi connectivity index (χ4n) is 9.09. The summed E-state index contributed by atoms with van der Waals surface area (Å²) in [6.07, 6.45) is 2.07. The predicted molar refractivity (Wildman–Crippen MR) is 226 cm³/mol. The number of aromatic nitrogens is 3. The first kappa shape index (κ1) is 29.4. The van der Waals surface area contributed by atoms with Crippen LogP contribution in [0.3, 0.4) is 0 Å². The van der Waals surface area contributed by atoms with E-state index >= 15 is 0 Å². The first-order chi connectivity index (χ1) is 26.8. The molecule has 0 atom stereocenters. The van der Waals surface area contributed by atoms with Crippen molar-refractivity contribution < 1.29 is 0 Å². The molecule has 0 fully saturated rings. The van der Waals surface area contributed by atoms with Gasteiger partial charge in [-0.25, -0.2) is 4.98 Å². The predicted octanol–water partition coefficient (Wildman–Crippen LogP) is 13.4. The maximum atomic E-state index is 5.20. The molecule has 0 saturated heterocycles. The van der Waals surface area contributed by atoms with Gasteiger partial charge in [0, 0.05) is 49.8 Å². The van der Waals surface area contributed by atoms with Crippen LogP contribution < -0.4 is 0 Å². The van der Waals surface area contributed by atoms with Crippen molar-refractivity contribution in [3.8, 4) is 56.0 Å². The van der Waals surface area contributed by atoms with E-state index in [1.165, 1.54) is 87.9 Å². The Bertz CT molecular complexity index is 3280. The zero-order valence-electron chi connectivity index (χ0n) is 29.2. The van der Waals surface area contributed by atoms with Crippen molar-refractivity contribution in [1.82, 2.24) is 14.1 Å². The van der Waals surface area contributed by atoms with Crippen LogP contribution in [0.15, 0.2) is 188 Å². The van der Waals surface area contributed by atoms with Gasteiger partial charge < -0.3 is 4.57 Å². The Morgan fingerprint density at radius 3 is 1.52 bits per heavy atom. The minimum atomic E-state index is 0.966. The molecule has 0 aliphatic heterocycles. The van der Waals surface area contributed by atoms with E-state index in [0.29, 0.717) is 0 Å². The number of hydrogen-bond donors (Lipinski definition) is 0. The quantitative estimate of drug-likeness (QED) is 0.181. The summed E-state index contributed by atoms with van der Waals surface area (Å²) in [6, 6.07) is 66.2. The number of nitrogens with zero attached hydrogens (tertiary/aromatic N) is 3.